The van der Waals surface area contributed by atoms with Gasteiger partial charge < -0.3 is 14.6 Å². The Morgan fingerprint density at radius 3 is 2.61 bits per heavy atom. The molecule has 0 atom stereocenters. The number of carbonyl (C=O) groups is 1. The molecule has 0 fully saturated rings. The number of aromatic nitrogens is 3. The zero-order valence-corrected chi connectivity index (χ0v) is 12.1. The highest BCUT2D eigenvalue weighted by molar-refractivity contribution is 7.99. The number of hydrogen-bond acceptors (Lipinski definition) is 5. The largest absolute Gasteiger partial charge is 0.481 e. The lowest BCUT2D eigenvalue weighted by molar-refractivity contribution is -0.133. The van der Waals surface area contributed by atoms with Crippen LogP contribution in [0.3, 0.4) is 0 Å². The van der Waals surface area contributed by atoms with E-state index in [-0.39, 0.29) is 5.75 Å². The smallest absolute Gasteiger partial charge is 0.313 e. The molecule has 1 rings (SSSR count). The molecule has 0 aliphatic rings. The van der Waals surface area contributed by atoms with Crippen LogP contribution in [0.4, 0.5) is 0 Å². The number of thioether (sulfide) groups is 1. The van der Waals surface area contributed by atoms with Gasteiger partial charge in [0, 0.05) is 6.54 Å². The summed E-state index contributed by atoms with van der Waals surface area (Å²) in [6.07, 6.45) is 0. The minimum Gasteiger partial charge on any atom is -0.481 e. The van der Waals surface area contributed by atoms with Crippen molar-refractivity contribution in [3.8, 4) is 0 Å². The summed E-state index contributed by atoms with van der Waals surface area (Å²) in [6, 6.07) is 0. The maximum atomic E-state index is 10.6. The Kier molecular flexibility index (Phi) is 5.61. The molecule has 1 aromatic rings. The van der Waals surface area contributed by atoms with E-state index in [9.17, 15) is 4.79 Å². The summed E-state index contributed by atoms with van der Waals surface area (Å²) in [4.78, 5) is 12.6. The predicted molar refractivity (Wildman–Crippen MR) is 70.6 cm³/mol. The van der Waals surface area contributed by atoms with Crippen molar-refractivity contribution in [3.63, 3.8) is 0 Å². The molecule has 0 saturated carbocycles. The molecule has 0 amide bonds. The Morgan fingerprint density at radius 2 is 2.11 bits per heavy atom. The van der Waals surface area contributed by atoms with E-state index in [1.54, 1.807) is 0 Å². The van der Waals surface area contributed by atoms with Crippen LogP contribution in [-0.2, 0) is 17.9 Å². The average Bonchev–Trinajstić information content (AvgIpc) is 2.57. The van der Waals surface area contributed by atoms with Gasteiger partial charge in [0.05, 0.1) is 12.3 Å². The summed E-state index contributed by atoms with van der Waals surface area (Å²) in [5.41, 5.74) is 0. The van der Waals surface area contributed by atoms with Gasteiger partial charge in [-0.3, -0.25) is 4.79 Å². The van der Waals surface area contributed by atoms with Gasteiger partial charge in [-0.05, 0) is 20.0 Å². The molecule has 1 heterocycles. The van der Waals surface area contributed by atoms with E-state index < -0.39 is 5.97 Å². The Labute approximate surface area is 111 Å². The second kappa shape index (κ2) is 6.75. The fourth-order valence-electron chi connectivity index (χ4n) is 1.50. The summed E-state index contributed by atoms with van der Waals surface area (Å²) in [5, 5.41) is 17.6. The van der Waals surface area contributed by atoms with E-state index in [2.05, 4.69) is 24.0 Å². The molecule has 18 heavy (non-hydrogen) atoms. The first-order chi connectivity index (χ1) is 8.40. The van der Waals surface area contributed by atoms with Gasteiger partial charge >= 0.3 is 5.97 Å². The third-order valence-corrected chi connectivity index (χ3v) is 3.08. The molecule has 0 bridgehead atoms. The second-order valence-corrected chi connectivity index (χ2v) is 5.77. The average molecular weight is 272 g/mol. The molecule has 102 valence electrons. The highest BCUT2D eigenvalue weighted by atomic mass is 32.2. The molecule has 0 unspecified atom stereocenters. The lowest BCUT2D eigenvalue weighted by Crippen LogP contribution is -2.17. The zero-order valence-electron chi connectivity index (χ0n) is 11.3. The first kappa shape index (κ1) is 15.0. The highest BCUT2D eigenvalue weighted by Gasteiger charge is 2.15. The van der Waals surface area contributed by atoms with Gasteiger partial charge in [-0.25, -0.2) is 0 Å². The lowest BCUT2D eigenvalue weighted by Gasteiger charge is -2.14. The van der Waals surface area contributed by atoms with Gasteiger partial charge in [0.1, 0.15) is 5.82 Å². The van der Waals surface area contributed by atoms with Gasteiger partial charge in [0.15, 0.2) is 5.16 Å². The first-order valence-electron chi connectivity index (χ1n) is 5.81. The van der Waals surface area contributed by atoms with Crippen LogP contribution in [0.25, 0.3) is 0 Å². The van der Waals surface area contributed by atoms with E-state index in [4.69, 9.17) is 5.11 Å². The highest BCUT2D eigenvalue weighted by Crippen LogP contribution is 2.19. The number of carboxylic acid groups (broad SMARTS) is 1. The molecule has 0 aliphatic heterocycles. The van der Waals surface area contributed by atoms with Crippen LogP contribution in [0.15, 0.2) is 5.16 Å². The fourth-order valence-corrected chi connectivity index (χ4v) is 2.19. The molecular formula is C11H20N4O2S. The quantitative estimate of drug-likeness (QED) is 0.751. The van der Waals surface area contributed by atoms with Crippen LogP contribution in [-0.4, -0.2) is 50.6 Å². The van der Waals surface area contributed by atoms with Gasteiger partial charge in [0.25, 0.3) is 0 Å². The van der Waals surface area contributed by atoms with Crippen molar-refractivity contribution < 1.29 is 9.90 Å². The van der Waals surface area contributed by atoms with E-state index in [1.165, 1.54) is 11.8 Å². The molecular weight excluding hydrogens is 252 g/mol. The fraction of sp³-hybridized carbons (Fsp3) is 0.727. The molecule has 0 aliphatic carbocycles. The third-order valence-electron chi connectivity index (χ3n) is 2.12. The van der Waals surface area contributed by atoms with Crippen molar-refractivity contribution in [1.29, 1.82) is 0 Å². The lowest BCUT2D eigenvalue weighted by atomic mass is 10.2. The van der Waals surface area contributed by atoms with Gasteiger partial charge in [0.2, 0.25) is 0 Å². The minimum absolute atomic E-state index is 0.0121. The minimum atomic E-state index is -0.840. The number of hydrogen-bond donors (Lipinski definition) is 1. The molecule has 0 spiro atoms. The normalized spacial score (nSPS) is 11.4. The van der Waals surface area contributed by atoms with Gasteiger partial charge in [-0.1, -0.05) is 25.6 Å². The molecule has 1 aromatic heterocycles. The Morgan fingerprint density at radius 1 is 1.44 bits per heavy atom. The predicted octanol–water partition coefficient (Wildman–Crippen LogP) is 1.17. The van der Waals surface area contributed by atoms with Crippen molar-refractivity contribution >= 4 is 17.7 Å². The number of nitrogens with zero attached hydrogens (tertiary/aromatic N) is 4. The van der Waals surface area contributed by atoms with Crippen LogP contribution in [0.5, 0.6) is 0 Å². The molecule has 0 saturated heterocycles. The molecule has 7 heteroatoms. The summed E-state index contributed by atoms with van der Waals surface area (Å²) < 4.78 is 2.01. The summed E-state index contributed by atoms with van der Waals surface area (Å²) in [7, 11) is 3.94. The van der Waals surface area contributed by atoms with Gasteiger partial charge in [-0.15, -0.1) is 10.2 Å². The third kappa shape index (κ3) is 4.66. The number of aliphatic carboxylic acids is 1. The van der Waals surface area contributed by atoms with Crippen LogP contribution in [0.1, 0.15) is 19.7 Å². The monoisotopic (exact) mass is 272 g/mol. The van der Waals surface area contributed by atoms with E-state index in [0.717, 1.165) is 12.4 Å². The Hall–Kier alpha value is -1.08. The standard InChI is InChI=1S/C11H20N4O2S/c1-8(2)5-15-9(6-14(3)4)12-13-11(15)18-7-10(16)17/h8H,5-7H2,1-4H3,(H,16,17). The summed E-state index contributed by atoms with van der Waals surface area (Å²) in [6.45, 7) is 5.74. The number of rotatable bonds is 7. The van der Waals surface area contributed by atoms with Crippen molar-refractivity contribution in [2.75, 3.05) is 19.8 Å². The SMILES string of the molecule is CC(C)Cn1c(CN(C)C)nnc1SCC(=O)O. The Balaban J connectivity index is 2.87. The summed E-state index contributed by atoms with van der Waals surface area (Å²) >= 11 is 1.22. The second-order valence-electron chi connectivity index (χ2n) is 4.82. The van der Waals surface area contributed by atoms with E-state index in [1.807, 2.05) is 23.6 Å². The molecule has 1 N–H and O–H groups in total. The molecule has 0 radical (unpaired) electrons. The van der Waals surface area contributed by atoms with E-state index >= 15 is 0 Å². The van der Waals surface area contributed by atoms with Crippen molar-refractivity contribution in [1.82, 2.24) is 19.7 Å². The van der Waals surface area contributed by atoms with Crippen molar-refractivity contribution in [2.24, 2.45) is 5.92 Å². The van der Waals surface area contributed by atoms with Crippen molar-refractivity contribution in [2.45, 2.75) is 32.1 Å². The summed E-state index contributed by atoms with van der Waals surface area (Å²) in [5.74, 6) is 0.513. The zero-order chi connectivity index (χ0) is 13.7. The van der Waals surface area contributed by atoms with Crippen LogP contribution < -0.4 is 0 Å². The Bertz CT molecular complexity index is 404. The van der Waals surface area contributed by atoms with Crippen molar-refractivity contribution in [3.05, 3.63) is 5.82 Å². The topological polar surface area (TPSA) is 71.2 Å². The van der Waals surface area contributed by atoms with Gasteiger partial charge in [-0.2, -0.15) is 0 Å². The number of carboxylic acids is 1. The maximum absolute atomic E-state index is 10.6. The van der Waals surface area contributed by atoms with Crippen LogP contribution in [0, 0.1) is 5.92 Å². The maximum Gasteiger partial charge on any atom is 0.313 e. The van der Waals surface area contributed by atoms with Crippen LogP contribution >= 0.6 is 11.8 Å². The molecule has 0 aromatic carbocycles. The van der Waals surface area contributed by atoms with Crippen LogP contribution in [0.2, 0.25) is 0 Å². The van der Waals surface area contributed by atoms with E-state index in [0.29, 0.717) is 17.6 Å². The molecule has 6 nitrogen and oxygen atoms in total. The first-order valence-corrected chi connectivity index (χ1v) is 6.80.